The minimum atomic E-state index is -4.57. The molecular weight excluding hydrogens is 557 g/mol. The van der Waals surface area contributed by atoms with Gasteiger partial charge in [0.05, 0.1) is 12.7 Å². The number of nitrogens with one attached hydrogen (secondary N) is 1. The third-order valence-corrected chi connectivity index (χ3v) is 6.29. The fraction of sp³-hybridized carbons (Fsp3) is 0.129. The number of pyridine rings is 1. The van der Waals surface area contributed by atoms with E-state index in [2.05, 4.69) is 17.2 Å². The van der Waals surface area contributed by atoms with Gasteiger partial charge in [-0.1, -0.05) is 53.8 Å². The number of nitrogens with zero attached hydrogens (tertiary/aromatic N) is 1. The van der Waals surface area contributed by atoms with Gasteiger partial charge >= 0.3 is 12.1 Å². The number of hydrogen-bond acceptors (Lipinski definition) is 4. The molecule has 0 radical (unpaired) electrons. The summed E-state index contributed by atoms with van der Waals surface area (Å²) < 4.78 is 44.9. The van der Waals surface area contributed by atoms with E-state index in [-0.39, 0.29) is 17.7 Å². The maximum atomic E-state index is 13.6. The van der Waals surface area contributed by atoms with Crippen LogP contribution in [0.2, 0.25) is 5.02 Å². The zero-order valence-electron chi connectivity index (χ0n) is 21.5. The van der Waals surface area contributed by atoms with Crippen molar-refractivity contribution in [3.05, 3.63) is 134 Å². The van der Waals surface area contributed by atoms with Gasteiger partial charge in [-0.25, -0.2) is 4.79 Å². The molecule has 4 aromatic rings. The molecule has 0 saturated carbocycles. The standard InChI is InChI=1S/C31H22ClF3N2O4/c1-41-30(40)27(18-21-9-15-25(32)16-10-21)37-19-22(8-7-20-5-3-2-4-6-20)17-26(29(37)39)36-28(38)23-11-13-24(14-12-23)31(33,34)35/h2-6,9-17,19,27H,18H2,1H3,(H,36,38). The summed E-state index contributed by atoms with van der Waals surface area (Å²) in [6, 6.07) is 19.5. The predicted molar refractivity (Wildman–Crippen MR) is 149 cm³/mol. The van der Waals surface area contributed by atoms with E-state index in [1.807, 2.05) is 6.07 Å². The van der Waals surface area contributed by atoms with Gasteiger partial charge < -0.3 is 10.1 Å². The Bertz CT molecular complexity index is 1670. The van der Waals surface area contributed by atoms with E-state index < -0.39 is 35.2 Å². The summed E-state index contributed by atoms with van der Waals surface area (Å²) in [5.74, 6) is 4.37. The van der Waals surface area contributed by atoms with Gasteiger partial charge in [0, 0.05) is 34.3 Å². The molecule has 1 heterocycles. The van der Waals surface area contributed by atoms with Crippen LogP contribution in [0.1, 0.15) is 38.7 Å². The lowest BCUT2D eigenvalue weighted by atomic mass is 10.0. The lowest BCUT2D eigenvalue weighted by molar-refractivity contribution is -0.144. The molecule has 1 amide bonds. The zero-order valence-corrected chi connectivity index (χ0v) is 22.3. The molecule has 0 aliphatic rings. The van der Waals surface area contributed by atoms with Crippen molar-refractivity contribution in [1.29, 1.82) is 0 Å². The number of aromatic nitrogens is 1. The van der Waals surface area contributed by atoms with Gasteiger partial charge in [-0.05, 0) is 60.2 Å². The average molecular weight is 579 g/mol. The van der Waals surface area contributed by atoms with Crippen LogP contribution >= 0.6 is 11.6 Å². The van der Waals surface area contributed by atoms with Crippen molar-refractivity contribution in [2.75, 3.05) is 12.4 Å². The number of methoxy groups -OCH3 is 1. The Morgan fingerprint density at radius 1 is 0.951 bits per heavy atom. The second-order valence-corrected chi connectivity index (χ2v) is 9.31. The van der Waals surface area contributed by atoms with Gasteiger partial charge in [0.25, 0.3) is 11.5 Å². The molecule has 0 spiro atoms. The van der Waals surface area contributed by atoms with Crippen LogP contribution in [0.25, 0.3) is 0 Å². The van der Waals surface area contributed by atoms with Crippen LogP contribution < -0.4 is 10.9 Å². The smallest absolute Gasteiger partial charge is 0.416 e. The van der Waals surface area contributed by atoms with Crippen LogP contribution in [-0.2, 0) is 22.1 Å². The number of ether oxygens (including phenoxy) is 1. The molecule has 1 unspecified atom stereocenters. The zero-order chi connectivity index (χ0) is 29.6. The fourth-order valence-corrected chi connectivity index (χ4v) is 4.06. The first kappa shape index (κ1) is 29.2. The lowest BCUT2D eigenvalue weighted by Gasteiger charge is -2.19. The van der Waals surface area contributed by atoms with Crippen molar-refractivity contribution in [1.82, 2.24) is 4.57 Å². The number of rotatable bonds is 6. The Hall–Kier alpha value is -4.81. The normalized spacial score (nSPS) is 11.6. The van der Waals surface area contributed by atoms with Crippen LogP contribution in [0.5, 0.6) is 0 Å². The molecule has 0 aliphatic carbocycles. The molecule has 41 heavy (non-hydrogen) atoms. The number of hydrogen-bond donors (Lipinski definition) is 1. The van der Waals surface area contributed by atoms with Crippen LogP contribution in [-0.4, -0.2) is 23.6 Å². The van der Waals surface area contributed by atoms with Crippen molar-refractivity contribution in [2.24, 2.45) is 0 Å². The quantitative estimate of drug-likeness (QED) is 0.221. The first-order valence-corrected chi connectivity index (χ1v) is 12.6. The van der Waals surface area contributed by atoms with Gasteiger partial charge in [0.15, 0.2) is 0 Å². The molecule has 0 saturated heterocycles. The lowest BCUT2D eigenvalue weighted by Crippen LogP contribution is -2.34. The largest absolute Gasteiger partial charge is 0.467 e. The van der Waals surface area contributed by atoms with Crippen molar-refractivity contribution in [3.63, 3.8) is 0 Å². The molecule has 1 N–H and O–H groups in total. The highest BCUT2D eigenvalue weighted by molar-refractivity contribution is 6.30. The molecular formula is C31H22ClF3N2O4. The SMILES string of the molecule is COC(=O)C(Cc1ccc(Cl)cc1)n1cc(C#Cc2ccccc2)cc(NC(=O)c2ccc(C(F)(F)F)cc2)c1=O. The highest BCUT2D eigenvalue weighted by Crippen LogP contribution is 2.29. The van der Waals surface area contributed by atoms with Crippen LogP contribution in [0.4, 0.5) is 18.9 Å². The van der Waals surface area contributed by atoms with Gasteiger partial charge in [-0.2, -0.15) is 13.2 Å². The van der Waals surface area contributed by atoms with Crippen molar-refractivity contribution in [2.45, 2.75) is 18.6 Å². The summed E-state index contributed by atoms with van der Waals surface area (Å²) in [5.41, 5.74) is -0.312. The third kappa shape index (κ3) is 7.44. The fourth-order valence-electron chi connectivity index (χ4n) is 3.94. The summed E-state index contributed by atoms with van der Waals surface area (Å²) in [6.07, 6.45) is -3.11. The molecule has 6 nitrogen and oxygen atoms in total. The average Bonchev–Trinajstić information content (AvgIpc) is 2.97. The molecule has 1 aromatic heterocycles. The number of alkyl halides is 3. The molecule has 0 bridgehead atoms. The second-order valence-electron chi connectivity index (χ2n) is 8.87. The molecule has 0 fully saturated rings. The van der Waals surface area contributed by atoms with Crippen molar-refractivity contribution < 1.29 is 27.5 Å². The molecule has 1 atom stereocenters. The third-order valence-electron chi connectivity index (χ3n) is 6.04. The molecule has 0 aliphatic heterocycles. The van der Waals surface area contributed by atoms with Crippen LogP contribution in [0.15, 0.2) is 95.9 Å². The number of halogens is 4. The van der Waals surface area contributed by atoms with Gasteiger partial charge in [-0.3, -0.25) is 14.2 Å². The predicted octanol–water partition coefficient (Wildman–Crippen LogP) is 6.13. The van der Waals surface area contributed by atoms with E-state index >= 15 is 0 Å². The molecule has 4 rings (SSSR count). The Morgan fingerprint density at radius 3 is 2.20 bits per heavy atom. The van der Waals surface area contributed by atoms with E-state index in [4.69, 9.17) is 16.3 Å². The van der Waals surface area contributed by atoms with Crippen molar-refractivity contribution in [3.8, 4) is 11.8 Å². The van der Waals surface area contributed by atoms with Crippen LogP contribution in [0.3, 0.4) is 0 Å². The Balaban J connectivity index is 1.77. The summed E-state index contributed by atoms with van der Waals surface area (Å²) in [6.45, 7) is 0. The monoisotopic (exact) mass is 578 g/mol. The Kier molecular flexibility index (Phi) is 8.95. The molecule has 3 aromatic carbocycles. The van der Waals surface area contributed by atoms with E-state index in [1.54, 1.807) is 48.5 Å². The number of carbonyl (C=O) groups is 2. The summed E-state index contributed by atoms with van der Waals surface area (Å²) in [4.78, 5) is 39.4. The highest BCUT2D eigenvalue weighted by atomic mass is 35.5. The van der Waals surface area contributed by atoms with Crippen LogP contribution in [0, 0.1) is 11.8 Å². The molecule has 10 heteroatoms. The van der Waals surface area contributed by atoms with E-state index in [1.165, 1.54) is 19.4 Å². The Morgan fingerprint density at radius 2 is 1.59 bits per heavy atom. The second kappa shape index (κ2) is 12.6. The topological polar surface area (TPSA) is 77.4 Å². The number of anilines is 1. The number of benzene rings is 3. The summed E-state index contributed by atoms with van der Waals surface area (Å²) in [7, 11) is 1.19. The first-order chi connectivity index (χ1) is 19.5. The van der Waals surface area contributed by atoms with E-state index in [0.29, 0.717) is 21.7 Å². The number of esters is 1. The minimum absolute atomic E-state index is 0.0611. The van der Waals surface area contributed by atoms with E-state index in [0.717, 1.165) is 28.8 Å². The highest BCUT2D eigenvalue weighted by Gasteiger charge is 2.30. The van der Waals surface area contributed by atoms with Crippen molar-refractivity contribution >= 4 is 29.2 Å². The maximum absolute atomic E-state index is 13.6. The maximum Gasteiger partial charge on any atom is 0.416 e. The van der Waals surface area contributed by atoms with E-state index in [9.17, 15) is 27.6 Å². The minimum Gasteiger partial charge on any atom is -0.467 e. The van der Waals surface area contributed by atoms with Gasteiger partial charge in [0.1, 0.15) is 11.7 Å². The number of amides is 1. The van der Waals surface area contributed by atoms with Gasteiger partial charge in [0.2, 0.25) is 0 Å². The van der Waals surface area contributed by atoms with Gasteiger partial charge in [-0.15, -0.1) is 0 Å². The first-order valence-electron chi connectivity index (χ1n) is 12.2. The summed E-state index contributed by atoms with van der Waals surface area (Å²) in [5, 5.41) is 2.95. The summed E-state index contributed by atoms with van der Waals surface area (Å²) >= 11 is 5.98. The molecule has 208 valence electrons. The Labute approximate surface area is 238 Å². The number of carbonyl (C=O) groups excluding carboxylic acids is 2.